The molecule has 0 radical (unpaired) electrons. The van der Waals surface area contributed by atoms with Crippen LogP contribution in [0.2, 0.25) is 0 Å². The van der Waals surface area contributed by atoms with Crippen LogP contribution in [0.25, 0.3) is 0 Å². The fraction of sp³-hybridized carbons (Fsp3) is 0.538. The van der Waals surface area contributed by atoms with E-state index in [4.69, 9.17) is 4.74 Å². The van der Waals surface area contributed by atoms with Crippen molar-refractivity contribution >= 4 is 15.9 Å². The van der Waals surface area contributed by atoms with E-state index >= 15 is 0 Å². The van der Waals surface area contributed by atoms with E-state index in [0.29, 0.717) is 0 Å². The van der Waals surface area contributed by atoms with Crippen LogP contribution in [0.5, 0.6) is 5.75 Å². The lowest BCUT2D eigenvalue weighted by molar-refractivity contribution is 0.371. The van der Waals surface area contributed by atoms with Gasteiger partial charge in [-0.25, -0.2) is 0 Å². The summed E-state index contributed by atoms with van der Waals surface area (Å²) in [5.41, 5.74) is 1.37. The van der Waals surface area contributed by atoms with Crippen LogP contribution in [0.3, 0.4) is 0 Å². The third-order valence-electron chi connectivity index (χ3n) is 3.15. The standard InChI is InChI=1S/C13H18BrNO/c1-16-13-8-11(7-12(14)9-13)6-10-2-4-15-5-3-10/h7-10,15H,2-6H2,1H3. The fourth-order valence-electron chi connectivity index (χ4n) is 2.28. The third-order valence-corrected chi connectivity index (χ3v) is 3.61. The Morgan fingerprint density at radius 1 is 1.31 bits per heavy atom. The van der Waals surface area contributed by atoms with Gasteiger partial charge in [-0.15, -0.1) is 0 Å². The number of piperidine rings is 1. The number of hydrogen-bond donors (Lipinski definition) is 1. The average Bonchev–Trinajstić information content (AvgIpc) is 2.29. The van der Waals surface area contributed by atoms with Gasteiger partial charge in [0.2, 0.25) is 0 Å². The monoisotopic (exact) mass is 283 g/mol. The second-order valence-corrected chi connectivity index (χ2v) is 5.31. The molecule has 0 bridgehead atoms. The topological polar surface area (TPSA) is 21.3 Å². The van der Waals surface area contributed by atoms with Crippen molar-refractivity contribution in [2.75, 3.05) is 20.2 Å². The van der Waals surface area contributed by atoms with Crippen LogP contribution in [0, 0.1) is 5.92 Å². The van der Waals surface area contributed by atoms with Crippen molar-refractivity contribution in [3.05, 3.63) is 28.2 Å². The van der Waals surface area contributed by atoms with Crippen LogP contribution in [-0.2, 0) is 6.42 Å². The van der Waals surface area contributed by atoms with E-state index < -0.39 is 0 Å². The Morgan fingerprint density at radius 2 is 2.06 bits per heavy atom. The van der Waals surface area contributed by atoms with Crippen LogP contribution in [0.4, 0.5) is 0 Å². The van der Waals surface area contributed by atoms with E-state index in [0.717, 1.165) is 35.7 Å². The normalized spacial score (nSPS) is 17.4. The van der Waals surface area contributed by atoms with Crippen LogP contribution in [0.1, 0.15) is 18.4 Å². The Balaban J connectivity index is 2.04. The highest BCUT2D eigenvalue weighted by molar-refractivity contribution is 9.10. The first-order chi connectivity index (χ1) is 7.78. The van der Waals surface area contributed by atoms with Gasteiger partial charge < -0.3 is 10.1 Å². The summed E-state index contributed by atoms with van der Waals surface area (Å²) < 4.78 is 6.39. The quantitative estimate of drug-likeness (QED) is 0.921. The van der Waals surface area contributed by atoms with Crippen molar-refractivity contribution in [1.82, 2.24) is 5.32 Å². The molecule has 1 saturated heterocycles. The van der Waals surface area contributed by atoms with Gasteiger partial charge in [-0.05, 0) is 62.0 Å². The molecule has 1 N–H and O–H groups in total. The van der Waals surface area contributed by atoms with E-state index in [1.54, 1.807) is 7.11 Å². The molecule has 2 rings (SSSR count). The minimum absolute atomic E-state index is 0.820. The highest BCUT2D eigenvalue weighted by atomic mass is 79.9. The first-order valence-electron chi connectivity index (χ1n) is 5.82. The summed E-state index contributed by atoms with van der Waals surface area (Å²) in [7, 11) is 1.72. The minimum Gasteiger partial charge on any atom is -0.497 e. The zero-order valence-electron chi connectivity index (χ0n) is 9.63. The maximum Gasteiger partial charge on any atom is 0.120 e. The molecule has 1 aromatic carbocycles. The second kappa shape index (κ2) is 5.69. The number of ether oxygens (including phenoxy) is 1. The minimum atomic E-state index is 0.820. The number of hydrogen-bond acceptors (Lipinski definition) is 2. The van der Waals surface area contributed by atoms with Crippen molar-refractivity contribution < 1.29 is 4.74 Å². The molecule has 1 heterocycles. The molecule has 16 heavy (non-hydrogen) atoms. The first-order valence-corrected chi connectivity index (χ1v) is 6.61. The van der Waals surface area contributed by atoms with Crippen molar-refractivity contribution in [2.45, 2.75) is 19.3 Å². The molecule has 1 aromatic rings. The molecule has 88 valence electrons. The lowest BCUT2D eigenvalue weighted by Crippen LogP contribution is -2.28. The number of methoxy groups -OCH3 is 1. The summed E-state index contributed by atoms with van der Waals surface area (Å²) in [6.07, 6.45) is 3.74. The Labute approximate surface area is 106 Å². The third kappa shape index (κ3) is 3.22. The largest absolute Gasteiger partial charge is 0.497 e. The lowest BCUT2D eigenvalue weighted by atomic mass is 9.91. The molecule has 0 amide bonds. The van der Waals surface area contributed by atoms with E-state index in [1.165, 1.54) is 18.4 Å². The molecule has 0 spiro atoms. The van der Waals surface area contributed by atoms with Gasteiger partial charge in [-0.1, -0.05) is 15.9 Å². The molecule has 0 saturated carbocycles. The molecule has 1 fully saturated rings. The van der Waals surface area contributed by atoms with Crippen molar-refractivity contribution in [3.63, 3.8) is 0 Å². The second-order valence-electron chi connectivity index (χ2n) is 4.40. The van der Waals surface area contributed by atoms with Gasteiger partial charge in [0.15, 0.2) is 0 Å². The molecule has 0 aliphatic carbocycles. The molecule has 0 aromatic heterocycles. The van der Waals surface area contributed by atoms with Crippen LogP contribution < -0.4 is 10.1 Å². The zero-order chi connectivity index (χ0) is 11.4. The molecule has 0 unspecified atom stereocenters. The summed E-state index contributed by atoms with van der Waals surface area (Å²) in [6.45, 7) is 2.33. The summed E-state index contributed by atoms with van der Waals surface area (Å²) in [4.78, 5) is 0. The SMILES string of the molecule is COc1cc(Br)cc(CC2CCNCC2)c1. The predicted molar refractivity (Wildman–Crippen MR) is 70.0 cm³/mol. The van der Waals surface area contributed by atoms with Gasteiger partial charge in [-0.2, -0.15) is 0 Å². The van der Waals surface area contributed by atoms with Gasteiger partial charge in [0.25, 0.3) is 0 Å². The fourth-order valence-corrected chi connectivity index (χ4v) is 2.80. The predicted octanol–water partition coefficient (Wildman–Crippen LogP) is 3.00. The van der Waals surface area contributed by atoms with Crippen LogP contribution in [-0.4, -0.2) is 20.2 Å². The Morgan fingerprint density at radius 3 is 2.75 bits per heavy atom. The molecular formula is C13H18BrNO. The number of nitrogens with one attached hydrogen (secondary N) is 1. The molecule has 1 aliphatic heterocycles. The molecule has 3 heteroatoms. The number of rotatable bonds is 3. The van der Waals surface area contributed by atoms with Gasteiger partial charge in [-0.3, -0.25) is 0 Å². The molecule has 0 atom stereocenters. The van der Waals surface area contributed by atoms with Crippen LogP contribution in [0.15, 0.2) is 22.7 Å². The summed E-state index contributed by atoms with van der Waals surface area (Å²) >= 11 is 3.53. The Kier molecular flexibility index (Phi) is 4.24. The van der Waals surface area contributed by atoms with Crippen molar-refractivity contribution in [3.8, 4) is 5.75 Å². The highest BCUT2D eigenvalue weighted by Crippen LogP contribution is 2.25. The summed E-state index contributed by atoms with van der Waals surface area (Å²) in [5, 5.41) is 3.40. The molecular weight excluding hydrogens is 266 g/mol. The average molecular weight is 284 g/mol. The van der Waals surface area contributed by atoms with Gasteiger partial charge >= 0.3 is 0 Å². The summed E-state index contributed by atoms with van der Waals surface area (Å²) in [5.74, 6) is 1.76. The first kappa shape index (κ1) is 11.9. The maximum atomic E-state index is 5.28. The van der Waals surface area contributed by atoms with Gasteiger partial charge in [0.05, 0.1) is 7.11 Å². The molecule has 2 nitrogen and oxygen atoms in total. The molecule has 1 aliphatic rings. The number of halogens is 1. The van der Waals surface area contributed by atoms with Gasteiger partial charge in [0.1, 0.15) is 5.75 Å². The van der Waals surface area contributed by atoms with E-state index in [1.807, 2.05) is 6.07 Å². The zero-order valence-corrected chi connectivity index (χ0v) is 11.2. The van der Waals surface area contributed by atoms with E-state index in [-0.39, 0.29) is 0 Å². The van der Waals surface area contributed by atoms with Gasteiger partial charge in [0, 0.05) is 4.47 Å². The maximum absolute atomic E-state index is 5.28. The van der Waals surface area contributed by atoms with Crippen LogP contribution >= 0.6 is 15.9 Å². The van der Waals surface area contributed by atoms with E-state index in [9.17, 15) is 0 Å². The Hall–Kier alpha value is -0.540. The van der Waals surface area contributed by atoms with Crippen molar-refractivity contribution in [2.24, 2.45) is 5.92 Å². The Bertz CT molecular complexity index is 348. The van der Waals surface area contributed by atoms with E-state index in [2.05, 4.69) is 33.4 Å². The number of benzene rings is 1. The highest BCUT2D eigenvalue weighted by Gasteiger charge is 2.14. The van der Waals surface area contributed by atoms with Crippen molar-refractivity contribution in [1.29, 1.82) is 0 Å². The summed E-state index contributed by atoms with van der Waals surface area (Å²) in [6, 6.07) is 6.35. The lowest BCUT2D eigenvalue weighted by Gasteiger charge is -2.22. The smallest absolute Gasteiger partial charge is 0.120 e.